The first-order chi connectivity index (χ1) is 9.08. The van der Waals surface area contributed by atoms with E-state index in [1.54, 1.807) is 0 Å². The van der Waals surface area contributed by atoms with Crippen molar-refractivity contribution in [2.75, 3.05) is 13.2 Å². The van der Waals surface area contributed by atoms with E-state index >= 15 is 0 Å². The predicted octanol–water partition coefficient (Wildman–Crippen LogP) is 1.86. The van der Waals surface area contributed by atoms with Gasteiger partial charge in [0.05, 0.1) is 0 Å². The highest BCUT2D eigenvalue weighted by atomic mass is 16.3. The van der Waals surface area contributed by atoms with Crippen molar-refractivity contribution in [1.82, 2.24) is 4.90 Å². The van der Waals surface area contributed by atoms with Crippen molar-refractivity contribution in [3.8, 4) is 0 Å². The van der Waals surface area contributed by atoms with Crippen LogP contribution >= 0.6 is 0 Å². The minimum atomic E-state index is -0.00163. The maximum Gasteiger partial charge on any atom is 0.229 e. The Morgan fingerprint density at radius 2 is 1.58 bits per heavy atom. The lowest BCUT2D eigenvalue weighted by molar-refractivity contribution is -0.154. The highest BCUT2D eigenvalue weighted by Gasteiger charge is 2.50. The molecule has 0 aromatic rings. The molecule has 3 aliphatic rings. The number of nitrogens with zero attached hydrogens (tertiary/aromatic N) is 1. The fourth-order valence-corrected chi connectivity index (χ4v) is 3.93. The summed E-state index contributed by atoms with van der Waals surface area (Å²) in [6.07, 6.45) is 8.33. The summed E-state index contributed by atoms with van der Waals surface area (Å²) >= 11 is 0. The largest absolute Gasteiger partial charge is 0.396 e. The summed E-state index contributed by atoms with van der Waals surface area (Å²) in [7, 11) is 0. The van der Waals surface area contributed by atoms with Gasteiger partial charge in [0, 0.05) is 26.0 Å². The summed E-state index contributed by atoms with van der Waals surface area (Å²) in [5.74, 6) is 0.0599. The van der Waals surface area contributed by atoms with Crippen LogP contribution in [0.25, 0.3) is 0 Å². The Bertz CT molecular complexity index is 374. The van der Waals surface area contributed by atoms with E-state index < -0.39 is 0 Å². The van der Waals surface area contributed by atoms with Crippen molar-refractivity contribution in [3.63, 3.8) is 0 Å². The molecule has 0 aromatic heterocycles. The van der Waals surface area contributed by atoms with Gasteiger partial charge in [-0.3, -0.25) is 14.5 Å². The van der Waals surface area contributed by atoms with Gasteiger partial charge in [-0.15, -0.1) is 0 Å². The van der Waals surface area contributed by atoms with Crippen molar-refractivity contribution in [1.29, 1.82) is 0 Å². The van der Waals surface area contributed by atoms with E-state index in [9.17, 15) is 9.59 Å². The molecule has 3 fully saturated rings. The molecule has 1 N–H and O–H groups in total. The van der Waals surface area contributed by atoms with Gasteiger partial charge in [0.15, 0.2) is 0 Å². The van der Waals surface area contributed by atoms with Crippen molar-refractivity contribution < 1.29 is 14.7 Å². The van der Waals surface area contributed by atoms with Gasteiger partial charge in [-0.1, -0.05) is 12.8 Å². The van der Waals surface area contributed by atoms with Crippen LogP contribution in [0.4, 0.5) is 0 Å². The summed E-state index contributed by atoms with van der Waals surface area (Å²) < 4.78 is 0. The maximum atomic E-state index is 12.3. The molecule has 1 heterocycles. The van der Waals surface area contributed by atoms with E-state index in [2.05, 4.69) is 0 Å². The summed E-state index contributed by atoms with van der Waals surface area (Å²) in [5.41, 5.74) is 0.0403. The zero-order valence-electron chi connectivity index (χ0n) is 11.5. The molecule has 4 heteroatoms. The first-order valence-electron chi connectivity index (χ1n) is 7.52. The number of carbonyl (C=O) groups excluding carboxylic acids is 2. The topological polar surface area (TPSA) is 57.6 Å². The third-order valence-electron chi connectivity index (χ3n) is 5.41. The Balaban J connectivity index is 1.67. The van der Waals surface area contributed by atoms with Crippen LogP contribution in [0.2, 0.25) is 0 Å². The Morgan fingerprint density at radius 1 is 1.00 bits per heavy atom. The molecule has 1 aliphatic heterocycles. The normalized spacial score (nSPS) is 28.2. The van der Waals surface area contributed by atoms with Gasteiger partial charge in [0.1, 0.15) is 0 Å². The van der Waals surface area contributed by atoms with Crippen LogP contribution in [0.5, 0.6) is 0 Å². The smallest absolute Gasteiger partial charge is 0.229 e. The molecule has 0 aromatic carbocycles. The standard InChI is InChI=1S/C15H23NO3/c17-8-7-14(5-6-14)11-16-12(18)9-15(10-13(16)19)3-1-2-4-15/h17H,1-11H2. The SMILES string of the molecule is O=C1CC2(CCCC2)CC(=O)N1CC1(CCO)CC1. The minimum absolute atomic E-state index is 0.00163. The third kappa shape index (κ3) is 2.42. The Hall–Kier alpha value is -0.900. The quantitative estimate of drug-likeness (QED) is 0.789. The van der Waals surface area contributed by atoms with Gasteiger partial charge in [0.2, 0.25) is 11.8 Å². The molecule has 2 amide bonds. The van der Waals surface area contributed by atoms with Crippen LogP contribution in [0.1, 0.15) is 57.8 Å². The zero-order valence-corrected chi connectivity index (χ0v) is 11.5. The molecular formula is C15H23NO3. The van der Waals surface area contributed by atoms with Crippen LogP contribution in [0.3, 0.4) is 0 Å². The second-order valence-corrected chi connectivity index (χ2v) is 6.91. The number of carbonyl (C=O) groups is 2. The van der Waals surface area contributed by atoms with Crippen LogP contribution in [0.15, 0.2) is 0 Å². The molecule has 1 spiro atoms. The van der Waals surface area contributed by atoms with E-state index in [-0.39, 0.29) is 29.3 Å². The first-order valence-corrected chi connectivity index (χ1v) is 7.52. The van der Waals surface area contributed by atoms with Crippen molar-refractivity contribution in [2.45, 2.75) is 57.8 Å². The molecular weight excluding hydrogens is 242 g/mol. The third-order valence-corrected chi connectivity index (χ3v) is 5.41. The first kappa shape index (κ1) is 13.1. The van der Waals surface area contributed by atoms with Gasteiger partial charge < -0.3 is 5.11 Å². The molecule has 2 saturated carbocycles. The number of amides is 2. The monoisotopic (exact) mass is 265 g/mol. The zero-order chi connectivity index (χ0) is 13.5. The van der Waals surface area contributed by atoms with Crippen molar-refractivity contribution >= 4 is 11.8 Å². The average molecular weight is 265 g/mol. The molecule has 1 saturated heterocycles. The summed E-state index contributed by atoms with van der Waals surface area (Å²) in [5, 5.41) is 9.08. The van der Waals surface area contributed by atoms with E-state index in [1.165, 1.54) is 4.90 Å². The number of piperidine rings is 1. The molecule has 0 bridgehead atoms. The van der Waals surface area contributed by atoms with Gasteiger partial charge in [-0.25, -0.2) is 0 Å². The highest BCUT2D eigenvalue weighted by molar-refractivity contribution is 5.98. The lowest BCUT2D eigenvalue weighted by Crippen LogP contribution is -2.49. The van der Waals surface area contributed by atoms with Crippen molar-refractivity contribution in [3.05, 3.63) is 0 Å². The Kier molecular flexibility index (Phi) is 3.16. The molecule has 19 heavy (non-hydrogen) atoms. The van der Waals surface area contributed by atoms with Gasteiger partial charge in [0.25, 0.3) is 0 Å². The molecule has 106 valence electrons. The fraction of sp³-hybridized carbons (Fsp3) is 0.867. The number of aliphatic hydroxyl groups excluding tert-OH is 1. The molecule has 0 atom stereocenters. The Labute approximate surface area is 114 Å². The van der Waals surface area contributed by atoms with Gasteiger partial charge in [-0.2, -0.15) is 0 Å². The Morgan fingerprint density at radius 3 is 2.05 bits per heavy atom. The summed E-state index contributed by atoms with van der Waals surface area (Å²) in [6.45, 7) is 0.696. The van der Waals surface area contributed by atoms with Gasteiger partial charge in [-0.05, 0) is 42.9 Å². The number of hydrogen-bond donors (Lipinski definition) is 1. The lowest BCUT2D eigenvalue weighted by atomic mass is 9.76. The number of aliphatic hydroxyl groups is 1. The van der Waals surface area contributed by atoms with Crippen LogP contribution in [-0.2, 0) is 9.59 Å². The van der Waals surface area contributed by atoms with Crippen LogP contribution < -0.4 is 0 Å². The molecule has 4 nitrogen and oxygen atoms in total. The fourth-order valence-electron chi connectivity index (χ4n) is 3.93. The van der Waals surface area contributed by atoms with Gasteiger partial charge >= 0.3 is 0 Å². The summed E-state index contributed by atoms with van der Waals surface area (Å²) in [6, 6.07) is 0. The number of imide groups is 1. The van der Waals surface area contributed by atoms with E-state index in [0.29, 0.717) is 19.4 Å². The number of rotatable bonds is 4. The molecule has 0 radical (unpaired) electrons. The predicted molar refractivity (Wildman–Crippen MR) is 70.2 cm³/mol. The van der Waals surface area contributed by atoms with E-state index in [0.717, 1.165) is 44.9 Å². The van der Waals surface area contributed by atoms with E-state index in [4.69, 9.17) is 5.11 Å². The molecule has 0 unspecified atom stereocenters. The molecule has 2 aliphatic carbocycles. The lowest BCUT2D eigenvalue weighted by Gasteiger charge is -2.38. The maximum absolute atomic E-state index is 12.3. The summed E-state index contributed by atoms with van der Waals surface area (Å²) in [4.78, 5) is 26.1. The van der Waals surface area contributed by atoms with Crippen LogP contribution in [-0.4, -0.2) is 35.0 Å². The van der Waals surface area contributed by atoms with Crippen LogP contribution in [0, 0.1) is 10.8 Å². The average Bonchev–Trinajstić information content (AvgIpc) is 2.97. The molecule has 3 rings (SSSR count). The minimum Gasteiger partial charge on any atom is -0.396 e. The highest BCUT2D eigenvalue weighted by Crippen LogP contribution is 2.51. The number of likely N-dealkylation sites (tertiary alicyclic amines) is 1. The van der Waals surface area contributed by atoms with E-state index in [1.807, 2.05) is 0 Å². The second-order valence-electron chi connectivity index (χ2n) is 6.91. The number of hydrogen-bond acceptors (Lipinski definition) is 3. The second kappa shape index (κ2) is 4.58. The van der Waals surface area contributed by atoms with Crippen molar-refractivity contribution in [2.24, 2.45) is 10.8 Å².